The molecule has 1 aromatic heterocycles. The molecule has 0 radical (unpaired) electrons. The van der Waals surface area contributed by atoms with Crippen LogP contribution < -0.4 is 4.90 Å². The lowest BCUT2D eigenvalue weighted by Gasteiger charge is -2.27. The van der Waals surface area contributed by atoms with Crippen LogP contribution in [-0.4, -0.2) is 26.7 Å². The molecule has 24 heavy (non-hydrogen) atoms. The van der Waals surface area contributed by atoms with Gasteiger partial charge in [0.15, 0.2) is 0 Å². The van der Waals surface area contributed by atoms with E-state index < -0.39 is 10.8 Å². The normalized spacial score (nSPS) is 10.9. The zero-order valence-electron chi connectivity index (χ0n) is 14.6. The minimum Gasteiger partial charge on any atom is -0.304 e. The zero-order chi connectivity index (χ0) is 18.0. The van der Waals surface area contributed by atoms with E-state index in [1.165, 1.54) is 4.68 Å². The number of aryl methyl sites for hydroxylation is 3. The summed E-state index contributed by atoms with van der Waals surface area (Å²) in [5.41, 5.74) is 1.83. The predicted octanol–water partition coefficient (Wildman–Crippen LogP) is 3.48. The van der Waals surface area contributed by atoms with Crippen molar-refractivity contribution in [2.45, 2.75) is 47.2 Å². The Kier molecular flexibility index (Phi) is 5.02. The SMILES string of the molecule is CCn1nc(C)c([N+](=O)[O-])c1C(=O)N(c1ccc(C)cc1)C(C)C. The average Bonchev–Trinajstić information content (AvgIpc) is 2.85. The summed E-state index contributed by atoms with van der Waals surface area (Å²) in [4.78, 5) is 25.6. The molecule has 0 unspecified atom stereocenters. The van der Waals surface area contributed by atoms with Gasteiger partial charge >= 0.3 is 5.69 Å². The highest BCUT2D eigenvalue weighted by molar-refractivity contribution is 6.08. The van der Waals surface area contributed by atoms with Gasteiger partial charge in [0.25, 0.3) is 5.91 Å². The minimum absolute atomic E-state index is 0.0225. The Morgan fingerprint density at radius 2 is 1.88 bits per heavy atom. The van der Waals surface area contributed by atoms with Gasteiger partial charge in [-0.25, -0.2) is 0 Å². The maximum Gasteiger partial charge on any atom is 0.322 e. The van der Waals surface area contributed by atoms with E-state index in [0.717, 1.165) is 5.56 Å². The molecule has 0 aliphatic rings. The molecule has 0 saturated heterocycles. The zero-order valence-corrected chi connectivity index (χ0v) is 14.6. The molecule has 1 heterocycles. The Balaban J connectivity index is 2.59. The smallest absolute Gasteiger partial charge is 0.304 e. The highest BCUT2D eigenvalue weighted by Crippen LogP contribution is 2.28. The maximum absolute atomic E-state index is 13.2. The number of benzene rings is 1. The highest BCUT2D eigenvalue weighted by Gasteiger charge is 2.34. The molecule has 0 fully saturated rings. The Morgan fingerprint density at radius 1 is 1.29 bits per heavy atom. The minimum atomic E-state index is -0.532. The summed E-state index contributed by atoms with van der Waals surface area (Å²) >= 11 is 0. The summed E-state index contributed by atoms with van der Waals surface area (Å²) in [7, 11) is 0. The molecule has 0 aliphatic carbocycles. The van der Waals surface area contributed by atoms with E-state index in [1.54, 1.807) is 18.7 Å². The molecule has 128 valence electrons. The molecular formula is C17H22N4O3. The van der Waals surface area contributed by atoms with Crippen molar-refractivity contribution in [1.29, 1.82) is 0 Å². The van der Waals surface area contributed by atoms with Crippen molar-refractivity contribution in [3.63, 3.8) is 0 Å². The molecule has 7 nitrogen and oxygen atoms in total. The fourth-order valence-electron chi connectivity index (χ4n) is 2.70. The van der Waals surface area contributed by atoms with Crippen molar-refractivity contribution in [2.24, 2.45) is 0 Å². The third kappa shape index (κ3) is 3.15. The Morgan fingerprint density at radius 3 is 2.33 bits per heavy atom. The van der Waals surface area contributed by atoms with E-state index in [9.17, 15) is 14.9 Å². The monoisotopic (exact) mass is 330 g/mol. The van der Waals surface area contributed by atoms with Crippen molar-refractivity contribution < 1.29 is 9.72 Å². The number of nitro groups is 1. The second kappa shape index (κ2) is 6.82. The number of anilines is 1. The van der Waals surface area contributed by atoms with Gasteiger partial charge in [-0.05, 0) is 46.8 Å². The number of carbonyl (C=O) groups excluding carboxylic acids is 1. The summed E-state index contributed by atoms with van der Waals surface area (Å²) in [6.07, 6.45) is 0. The standard InChI is InChI=1S/C17H22N4O3/c1-6-19-16(15(21(23)24)13(5)18-19)17(22)20(11(2)3)14-9-7-12(4)8-10-14/h7-11H,6H2,1-5H3. The number of amides is 1. The first kappa shape index (κ1) is 17.7. The predicted molar refractivity (Wildman–Crippen MR) is 92.4 cm³/mol. The highest BCUT2D eigenvalue weighted by atomic mass is 16.6. The van der Waals surface area contributed by atoms with E-state index >= 15 is 0 Å². The van der Waals surface area contributed by atoms with Gasteiger partial charge in [-0.2, -0.15) is 5.10 Å². The first-order chi connectivity index (χ1) is 11.3. The number of aromatic nitrogens is 2. The molecule has 0 N–H and O–H groups in total. The van der Waals surface area contributed by atoms with E-state index in [2.05, 4.69) is 5.10 Å². The third-order valence-electron chi connectivity index (χ3n) is 3.83. The summed E-state index contributed by atoms with van der Waals surface area (Å²) in [6, 6.07) is 7.36. The van der Waals surface area contributed by atoms with Crippen molar-refractivity contribution in [2.75, 3.05) is 4.90 Å². The van der Waals surface area contributed by atoms with E-state index in [4.69, 9.17) is 0 Å². The van der Waals surface area contributed by atoms with Crippen molar-refractivity contribution in [1.82, 2.24) is 9.78 Å². The van der Waals surface area contributed by atoms with E-state index in [0.29, 0.717) is 12.2 Å². The van der Waals surface area contributed by atoms with Gasteiger partial charge in [-0.1, -0.05) is 17.7 Å². The van der Waals surface area contributed by atoms with E-state index in [-0.39, 0.29) is 23.1 Å². The molecule has 0 saturated carbocycles. The van der Waals surface area contributed by atoms with Crippen LogP contribution in [0.4, 0.5) is 11.4 Å². The van der Waals surface area contributed by atoms with Crippen molar-refractivity contribution in [3.05, 3.63) is 51.3 Å². The molecule has 2 rings (SSSR count). The quantitative estimate of drug-likeness (QED) is 0.621. The van der Waals surface area contributed by atoms with Crippen LogP contribution in [0.2, 0.25) is 0 Å². The molecule has 2 aromatic rings. The van der Waals surface area contributed by atoms with Gasteiger partial charge in [-0.3, -0.25) is 19.6 Å². The molecule has 0 atom stereocenters. The Hall–Kier alpha value is -2.70. The number of hydrogen-bond acceptors (Lipinski definition) is 4. The van der Waals surface area contributed by atoms with Gasteiger partial charge in [0, 0.05) is 18.3 Å². The van der Waals surface area contributed by atoms with Crippen LogP contribution in [0.5, 0.6) is 0 Å². The van der Waals surface area contributed by atoms with Gasteiger partial charge in [-0.15, -0.1) is 0 Å². The summed E-state index contributed by atoms with van der Waals surface area (Å²) in [5, 5.41) is 15.6. The molecule has 0 spiro atoms. The number of hydrogen-bond donors (Lipinski definition) is 0. The molecule has 1 amide bonds. The number of carbonyl (C=O) groups is 1. The summed E-state index contributed by atoms with van der Waals surface area (Å²) in [6.45, 7) is 9.46. The van der Waals surface area contributed by atoms with Gasteiger partial charge in [0.1, 0.15) is 5.69 Å². The Labute approximate surface area is 141 Å². The van der Waals surface area contributed by atoms with Gasteiger partial charge < -0.3 is 4.90 Å². The van der Waals surface area contributed by atoms with E-state index in [1.807, 2.05) is 45.0 Å². The lowest BCUT2D eigenvalue weighted by molar-refractivity contribution is -0.385. The molecule has 0 bridgehead atoms. The lowest BCUT2D eigenvalue weighted by atomic mass is 10.1. The summed E-state index contributed by atoms with van der Waals surface area (Å²) < 4.78 is 1.40. The van der Waals surface area contributed by atoms with Crippen LogP contribution >= 0.6 is 0 Å². The fraction of sp³-hybridized carbons (Fsp3) is 0.412. The second-order valence-electron chi connectivity index (χ2n) is 5.96. The Bertz CT molecular complexity index is 763. The van der Waals surface area contributed by atoms with Gasteiger partial charge in [0.05, 0.1) is 4.92 Å². The molecule has 0 aliphatic heterocycles. The van der Waals surface area contributed by atoms with Gasteiger partial charge in [0.2, 0.25) is 5.69 Å². The van der Waals surface area contributed by atoms with Crippen molar-refractivity contribution >= 4 is 17.3 Å². The average molecular weight is 330 g/mol. The fourth-order valence-corrected chi connectivity index (χ4v) is 2.70. The lowest BCUT2D eigenvalue weighted by Crippen LogP contribution is -2.38. The first-order valence-electron chi connectivity index (χ1n) is 7.89. The first-order valence-corrected chi connectivity index (χ1v) is 7.89. The van der Waals surface area contributed by atoms with Crippen LogP contribution in [0.1, 0.15) is 42.5 Å². The number of rotatable bonds is 5. The third-order valence-corrected chi connectivity index (χ3v) is 3.83. The largest absolute Gasteiger partial charge is 0.322 e. The molecule has 1 aromatic carbocycles. The van der Waals surface area contributed by atoms with Crippen LogP contribution in [0, 0.1) is 24.0 Å². The van der Waals surface area contributed by atoms with Crippen LogP contribution in [0.25, 0.3) is 0 Å². The number of nitrogens with zero attached hydrogens (tertiary/aromatic N) is 4. The van der Waals surface area contributed by atoms with Crippen LogP contribution in [-0.2, 0) is 6.54 Å². The van der Waals surface area contributed by atoms with Crippen LogP contribution in [0.15, 0.2) is 24.3 Å². The molecule has 7 heteroatoms. The summed E-state index contributed by atoms with van der Waals surface area (Å²) in [5.74, 6) is -0.414. The van der Waals surface area contributed by atoms with Crippen LogP contribution in [0.3, 0.4) is 0 Å². The second-order valence-corrected chi connectivity index (χ2v) is 5.96. The maximum atomic E-state index is 13.2. The molecular weight excluding hydrogens is 308 g/mol. The van der Waals surface area contributed by atoms with Crippen molar-refractivity contribution in [3.8, 4) is 0 Å². The topological polar surface area (TPSA) is 81.3 Å².